The Labute approximate surface area is 197 Å². The Morgan fingerprint density at radius 1 is 0.333 bits per heavy atom. The zero-order chi connectivity index (χ0) is 22.6. The van der Waals surface area contributed by atoms with Crippen molar-refractivity contribution in [1.29, 1.82) is 0 Å². The Morgan fingerprint density at radius 2 is 0.636 bits per heavy atom. The SMILES string of the molecule is CC(C)c1cc(-c2ccc(-c3ccccc3)cc2)cc(-c2ccc(-c3ccccc3)cc2)c1. The van der Waals surface area contributed by atoms with E-state index in [4.69, 9.17) is 0 Å². The van der Waals surface area contributed by atoms with Gasteiger partial charge in [-0.3, -0.25) is 0 Å². The number of rotatable bonds is 5. The molecule has 0 spiro atoms. The van der Waals surface area contributed by atoms with E-state index < -0.39 is 0 Å². The maximum absolute atomic E-state index is 2.34. The summed E-state index contributed by atoms with van der Waals surface area (Å²) in [7, 11) is 0. The molecule has 0 saturated heterocycles. The van der Waals surface area contributed by atoms with Crippen molar-refractivity contribution in [3.8, 4) is 44.5 Å². The lowest BCUT2D eigenvalue weighted by molar-refractivity contribution is 0.867. The predicted octanol–water partition coefficient (Wildman–Crippen LogP) is 9.48. The predicted molar refractivity (Wildman–Crippen MR) is 142 cm³/mol. The zero-order valence-corrected chi connectivity index (χ0v) is 19.2. The lowest BCUT2D eigenvalue weighted by Crippen LogP contribution is -1.91. The van der Waals surface area contributed by atoms with Gasteiger partial charge in [0.05, 0.1) is 0 Å². The van der Waals surface area contributed by atoms with Gasteiger partial charge in [0.1, 0.15) is 0 Å². The van der Waals surface area contributed by atoms with Crippen LogP contribution in [0.2, 0.25) is 0 Å². The maximum atomic E-state index is 2.34. The summed E-state index contributed by atoms with van der Waals surface area (Å²) >= 11 is 0. The van der Waals surface area contributed by atoms with Crippen LogP contribution in [0.25, 0.3) is 44.5 Å². The molecule has 0 heteroatoms. The molecule has 0 amide bonds. The average Bonchev–Trinajstić information content (AvgIpc) is 2.89. The normalized spacial score (nSPS) is 11.0. The van der Waals surface area contributed by atoms with Crippen LogP contribution in [0.1, 0.15) is 25.3 Å². The van der Waals surface area contributed by atoms with Crippen molar-refractivity contribution in [1.82, 2.24) is 0 Å². The van der Waals surface area contributed by atoms with Gasteiger partial charge in [-0.25, -0.2) is 0 Å². The summed E-state index contributed by atoms with van der Waals surface area (Å²) in [6.45, 7) is 4.53. The van der Waals surface area contributed by atoms with Crippen LogP contribution in [0, 0.1) is 0 Å². The van der Waals surface area contributed by atoms with Crippen molar-refractivity contribution in [2.24, 2.45) is 0 Å². The van der Waals surface area contributed by atoms with Crippen LogP contribution in [0.3, 0.4) is 0 Å². The fourth-order valence-electron chi connectivity index (χ4n) is 4.29. The third-order valence-corrected chi connectivity index (χ3v) is 6.27. The topological polar surface area (TPSA) is 0 Å². The van der Waals surface area contributed by atoms with Gasteiger partial charge in [-0.2, -0.15) is 0 Å². The van der Waals surface area contributed by atoms with Gasteiger partial charge in [0.15, 0.2) is 0 Å². The Bertz CT molecular complexity index is 1230. The summed E-state index contributed by atoms with van der Waals surface area (Å²) in [4.78, 5) is 0. The van der Waals surface area contributed by atoms with Crippen molar-refractivity contribution >= 4 is 0 Å². The lowest BCUT2D eigenvalue weighted by atomic mass is 9.91. The number of hydrogen-bond donors (Lipinski definition) is 0. The second kappa shape index (κ2) is 9.30. The van der Waals surface area contributed by atoms with E-state index in [1.807, 2.05) is 0 Å². The summed E-state index contributed by atoms with van der Waals surface area (Å²) in [5, 5.41) is 0. The first-order valence-corrected chi connectivity index (χ1v) is 11.6. The molecule has 0 heterocycles. The van der Waals surface area contributed by atoms with E-state index in [-0.39, 0.29) is 0 Å². The molecule has 0 N–H and O–H groups in total. The molecule has 0 bridgehead atoms. The molecule has 0 unspecified atom stereocenters. The van der Waals surface area contributed by atoms with Crippen molar-refractivity contribution in [3.63, 3.8) is 0 Å². The molecule has 5 aromatic rings. The Kier molecular flexibility index (Phi) is 5.91. The fourth-order valence-corrected chi connectivity index (χ4v) is 4.29. The number of benzene rings is 5. The molecule has 33 heavy (non-hydrogen) atoms. The molecule has 5 aromatic carbocycles. The first kappa shape index (κ1) is 21.0. The Balaban J connectivity index is 1.50. The van der Waals surface area contributed by atoms with Gasteiger partial charge in [-0.05, 0) is 62.1 Å². The molecular formula is C33H28. The highest BCUT2D eigenvalue weighted by atomic mass is 14.1. The van der Waals surface area contributed by atoms with Crippen molar-refractivity contribution in [2.45, 2.75) is 19.8 Å². The molecule has 0 radical (unpaired) electrons. The zero-order valence-electron chi connectivity index (χ0n) is 19.2. The summed E-state index contributed by atoms with van der Waals surface area (Å²) in [6, 6.07) is 46.0. The van der Waals surface area contributed by atoms with Gasteiger partial charge in [0.2, 0.25) is 0 Å². The summed E-state index contributed by atoms with van der Waals surface area (Å²) < 4.78 is 0. The molecule has 0 atom stereocenters. The Hall–Kier alpha value is -3.90. The van der Waals surface area contributed by atoms with Gasteiger partial charge in [-0.1, -0.05) is 135 Å². The van der Waals surface area contributed by atoms with E-state index in [2.05, 4.69) is 141 Å². The van der Waals surface area contributed by atoms with Crippen LogP contribution in [0.5, 0.6) is 0 Å². The van der Waals surface area contributed by atoms with E-state index in [1.54, 1.807) is 0 Å². The van der Waals surface area contributed by atoms with Gasteiger partial charge >= 0.3 is 0 Å². The molecule has 160 valence electrons. The van der Waals surface area contributed by atoms with Gasteiger partial charge in [0.25, 0.3) is 0 Å². The smallest absolute Gasteiger partial charge is 0.0175 e. The number of hydrogen-bond acceptors (Lipinski definition) is 0. The first-order chi connectivity index (χ1) is 16.2. The average molecular weight is 425 g/mol. The summed E-state index contributed by atoms with van der Waals surface area (Å²) in [5.41, 5.74) is 11.4. The largest absolute Gasteiger partial charge is 0.0622 e. The van der Waals surface area contributed by atoms with Crippen molar-refractivity contribution in [3.05, 3.63) is 133 Å². The second-order valence-corrected chi connectivity index (χ2v) is 8.89. The molecule has 0 fully saturated rings. The highest BCUT2D eigenvalue weighted by Gasteiger charge is 2.09. The lowest BCUT2D eigenvalue weighted by Gasteiger charge is -2.14. The van der Waals surface area contributed by atoms with E-state index in [1.165, 1.54) is 50.1 Å². The van der Waals surface area contributed by atoms with Gasteiger partial charge < -0.3 is 0 Å². The monoisotopic (exact) mass is 424 g/mol. The minimum absolute atomic E-state index is 0.468. The molecule has 0 aliphatic rings. The van der Waals surface area contributed by atoms with E-state index in [0.29, 0.717) is 5.92 Å². The van der Waals surface area contributed by atoms with E-state index in [9.17, 15) is 0 Å². The third-order valence-electron chi connectivity index (χ3n) is 6.27. The van der Waals surface area contributed by atoms with E-state index >= 15 is 0 Å². The molecule has 0 nitrogen and oxygen atoms in total. The van der Waals surface area contributed by atoms with Crippen LogP contribution < -0.4 is 0 Å². The van der Waals surface area contributed by atoms with Crippen LogP contribution in [0.15, 0.2) is 127 Å². The molecule has 0 aliphatic carbocycles. The highest BCUT2D eigenvalue weighted by molar-refractivity contribution is 5.77. The van der Waals surface area contributed by atoms with Crippen LogP contribution in [-0.2, 0) is 0 Å². The fraction of sp³-hybridized carbons (Fsp3) is 0.0909. The highest BCUT2D eigenvalue weighted by Crippen LogP contribution is 2.33. The van der Waals surface area contributed by atoms with Crippen molar-refractivity contribution < 1.29 is 0 Å². The minimum Gasteiger partial charge on any atom is -0.0622 e. The maximum Gasteiger partial charge on any atom is -0.0175 e. The molecular weight excluding hydrogens is 396 g/mol. The van der Waals surface area contributed by atoms with Crippen LogP contribution in [0.4, 0.5) is 0 Å². The van der Waals surface area contributed by atoms with Crippen LogP contribution in [-0.4, -0.2) is 0 Å². The standard InChI is InChI=1S/C33H28/c1-24(2)31-21-32(29-17-13-27(14-18-29)25-9-5-3-6-10-25)23-33(22-31)30-19-15-28(16-20-30)26-11-7-4-8-12-26/h3-24H,1-2H3. The molecule has 0 aliphatic heterocycles. The Morgan fingerprint density at radius 3 is 0.970 bits per heavy atom. The third kappa shape index (κ3) is 4.66. The summed E-state index contributed by atoms with van der Waals surface area (Å²) in [5.74, 6) is 0.468. The van der Waals surface area contributed by atoms with E-state index in [0.717, 1.165) is 0 Å². The molecule has 5 rings (SSSR count). The minimum atomic E-state index is 0.468. The quantitative estimate of drug-likeness (QED) is 0.263. The summed E-state index contributed by atoms with van der Waals surface area (Å²) in [6.07, 6.45) is 0. The second-order valence-electron chi connectivity index (χ2n) is 8.89. The van der Waals surface area contributed by atoms with Crippen molar-refractivity contribution in [2.75, 3.05) is 0 Å². The first-order valence-electron chi connectivity index (χ1n) is 11.6. The molecule has 0 saturated carbocycles. The van der Waals surface area contributed by atoms with Crippen LogP contribution >= 0.6 is 0 Å². The van der Waals surface area contributed by atoms with Gasteiger partial charge in [-0.15, -0.1) is 0 Å². The molecule has 0 aromatic heterocycles. The van der Waals surface area contributed by atoms with Gasteiger partial charge in [0, 0.05) is 0 Å².